The number of hydrogen-bond donors (Lipinski definition) is 2. The summed E-state index contributed by atoms with van der Waals surface area (Å²) < 4.78 is 0. The molecule has 0 radical (unpaired) electrons. The Hall–Kier alpha value is -1.44. The third kappa shape index (κ3) is 2.32. The molecule has 1 aromatic heterocycles. The first kappa shape index (κ1) is 10.1. The Bertz CT molecular complexity index is 431. The van der Waals surface area contributed by atoms with Gasteiger partial charge in [0.15, 0.2) is 0 Å². The van der Waals surface area contributed by atoms with E-state index in [2.05, 4.69) is 48.4 Å². The summed E-state index contributed by atoms with van der Waals surface area (Å²) in [5.41, 5.74) is 2.41. The maximum absolute atomic E-state index is 3.51. The van der Waals surface area contributed by atoms with Gasteiger partial charge in [-0.3, -0.25) is 0 Å². The number of nitrogens with one attached hydrogen (secondary N) is 2. The van der Waals surface area contributed by atoms with Crippen LogP contribution in [-0.2, 0) is 0 Å². The lowest BCUT2D eigenvalue weighted by Gasteiger charge is -2.14. The molecule has 2 heteroatoms. The van der Waals surface area contributed by atoms with Crippen LogP contribution in [0.2, 0.25) is 0 Å². The van der Waals surface area contributed by atoms with Gasteiger partial charge >= 0.3 is 0 Å². The molecule has 0 amide bonds. The van der Waals surface area contributed by atoms with Crippen LogP contribution in [0.15, 0.2) is 30.5 Å². The van der Waals surface area contributed by atoms with E-state index in [9.17, 15) is 0 Å². The zero-order chi connectivity index (χ0) is 10.7. The lowest BCUT2D eigenvalue weighted by atomic mass is 10.1. The van der Waals surface area contributed by atoms with Crippen LogP contribution >= 0.6 is 0 Å². The summed E-state index contributed by atoms with van der Waals surface area (Å²) in [6.45, 7) is 4.44. The van der Waals surface area contributed by atoms with Gasteiger partial charge in [0, 0.05) is 28.8 Å². The highest BCUT2D eigenvalue weighted by Gasteiger charge is 2.01. The number of rotatable bonds is 4. The van der Waals surface area contributed by atoms with Crippen molar-refractivity contribution in [3.8, 4) is 0 Å². The van der Waals surface area contributed by atoms with Crippen molar-refractivity contribution >= 4 is 16.6 Å². The molecule has 1 unspecified atom stereocenters. The molecule has 0 aliphatic carbocycles. The normalized spacial score (nSPS) is 12.9. The Kier molecular flexibility index (Phi) is 2.95. The van der Waals surface area contributed by atoms with E-state index in [4.69, 9.17) is 0 Å². The highest BCUT2D eigenvalue weighted by molar-refractivity contribution is 5.82. The average Bonchev–Trinajstić information content (AvgIpc) is 2.65. The number of hydrogen-bond acceptors (Lipinski definition) is 1. The second kappa shape index (κ2) is 4.39. The lowest BCUT2D eigenvalue weighted by molar-refractivity contribution is 0.690. The fourth-order valence-corrected chi connectivity index (χ4v) is 1.93. The molecule has 0 bridgehead atoms. The Labute approximate surface area is 90.7 Å². The standard InChI is InChI=1S/C13H18N2/c1-3-4-10(2)15-12-5-6-13-11(9-12)7-8-14-13/h5-10,14-15H,3-4H2,1-2H3. The van der Waals surface area contributed by atoms with Crippen LogP contribution in [0.1, 0.15) is 26.7 Å². The lowest BCUT2D eigenvalue weighted by Crippen LogP contribution is -2.14. The van der Waals surface area contributed by atoms with Gasteiger partial charge in [-0.15, -0.1) is 0 Å². The summed E-state index contributed by atoms with van der Waals surface area (Å²) in [6, 6.07) is 9.09. The van der Waals surface area contributed by atoms with E-state index in [1.807, 2.05) is 6.20 Å². The van der Waals surface area contributed by atoms with Crippen molar-refractivity contribution in [2.24, 2.45) is 0 Å². The summed E-state index contributed by atoms with van der Waals surface area (Å²) in [6.07, 6.45) is 4.41. The highest BCUT2D eigenvalue weighted by atomic mass is 14.9. The fraction of sp³-hybridized carbons (Fsp3) is 0.385. The number of aromatic nitrogens is 1. The van der Waals surface area contributed by atoms with E-state index in [1.165, 1.54) is 29.4 Å². The largest absolute Gasteiger partial charge is 0.383 e. The van der Waals surface area contributed by atoms with E-state index in [0.717, 1.165) is 0 Å². The number of aromatic amines is 1. The second-order valence-corrected chi connectivity index (χ2v) is 4.11. The van der Waals surface area contributed by atoms with Crippen LogP contribution < -0.4 is 5.32 Å². The molecule has 0 aliphatic heterocycles. The smallest absolute Gasteiger partial charge is 0.0455 e. The minimum absolute atomic E-state index is 0.548. The van der Waals surface area contributed by atoms with Gasteiger partial charge in [0.2, 0.25) is 0 Å². The molecule has 0 fully saturated rings. The summed E-state index contributed by atoms with van der Waals surface area (Å²) in [7, 11) is 0. The quantitative estimate of drug-likeness (QED) is 0.776. The van der Waals surface area contributed by atoms with E-state index in [1.54, 1.807) is 0 Å². The van der Waals surface area contributed by atoms with Crippen molar-refractivity contribution in [2.75, 3.05) is 5.32 Å². The molecule has 15 heavy (non-hydrogen) atoms. The van der Waals surface area contributed by atoms with Gasteiger partial charge in [-0.1, -0.05) is 13.3 Å². The van der Waals surface area contributed by atoms with Crippen molar-refractivity contribution in [2.45, 2.75) is 32.7 Å². The molecule has 1 heterocycles. The molecular weight excluding hydrogens is 184 g/mol. The molecule has 0 aliphatic rings. The second-order valence-electron chi connectivity index (χ2n) is 4.11. The van der Waals surface area contributed by atoms with Crippen LogP contribution in [-0.4, -0.2) is 11.0 Å². The van der Waals surface area contributed by atoms with Crippen molar-refractivity contribution in [3.05, 3.63) is 30.5 Å². The summed E-state index contributed by atoms with van der Waals surface area (Å²) in [4.78, 5) is 3.20. The topological polar surface area (TPSA) is 27.8 Å². The van der Waals surface area contributed by atoms with E-state index < -0.39 is 0 Å². The molecule has 2 N–H and O–H groups in total. The number of benzene rings is 1. The van der Waals surface area contributed by atoms with Gasteiger partial charge in [0.1, 0.15) is 0 Å². The predicted octanol–water partition coefficient (Wildman–Crippen LogP) is 3.77. The number of fused-ring (bicyclic) bond motifs is 1. The van der Waals surface area contributed by atoms with Crippen molar-refractivity contribution < 1.29 is 0 Å². The zero-order valence-corrected chi connectivity index (χ0v) is 9.38. The fourth-order valence-electron chi connectivity index (χ4n) is 1.93. The van der Waals surface area contributed by atoms with Gasteiger partial charge in [0.05, 0.1) is 0 Å². The van der Waals surface area contributed by atoms with E-state index >= 15 is 0 Å². The first-order chi connectivity index (χ1) is 7.29. The molecule has 0 saturated heterocycles. The maximum Gasteiger partial charge on any atom is 0.0455 e. The third-order valence-corrected chi connectivity index (χ3v) is 2.69. The van der Waals surface area contributed by atoms with Crippen molar-refractivity contribution in [3.63, 3.8) is 0 Å². The highest BCUT2D eigenvalue weighted by Crippen LogP contribution is 2.18. The number of H-pyrrole nitrogens is 1. The van der Waals surface area contributed by atoms with Crippen LogP contribution in [0.3, 0.4) is 0 Å². The molecule has 1 atom stereocenters. The summed E-state index contributed by atoms with van der Waals surface area (Å²) >= 11 is 0. The van der Waals surface area contributed by atoms with Gasteiger partial charge < -0.3 is 10.3 Å². The van der Waals surface area contributed by atoms with Gasteiger partial charge in [-0.05, 0) is 37.6 Å². The SMILES string of the molecule is CCCC(C)Nc1ccc2[nH]ccc2c1. The first-order valence-corrected chi connectivity index (χ1v) is 5.63. The monoisotopic (exact) mass is 202 g/mol. The molecule has 1 aromatic carbocycles. The van der Waals surface area contributed by atoms with E-state index in [0.29, 0.717) is 6.04 Å². The Morgan fingerprint density at radius 3 is 3.00 bits per heavy atom. The maximum atomic E-state index is 3.51. The molecule has 2 aromatic rings. The Morgan fingerprint density at radius 2 is 2.20 bits per heavy atom. The molecule has 0 saturated carbocycles. The predicted molar refractivity (Wildman–Crippen MR) is 66.3 cm³/mol. The van der Waals surface area contributed by atoms with E-state index in [-0.39, 0.29) is 0 Å². The average molecular weight is 202 g/mol. The summed E-state index contributed by atoms with van der Waals surface area (Å²) in [5.74, 6) is 0. The molecular formula is C13H18N2. The number of anilines is 1. The molecule has 2 rings (SSSR count). The van der Waals surface area contributed by atoms with Crippen LogP contribution in [0.5, 0.6) is 0 Å². The van der Waals surface area contributed by atoms with Crippen LogP contribution in [0.4, 0.5) is 5.69 Å². The molecule has 0 spiro atoms. The molecule has 2 nitrogen and oxygen atoms in total. The van der Waals surface area contributed by atoms with Crippen molar-refractivity contribution in [1.82, 2.24) is 4.98 Å². The van der Waals surface area contributed by atoms with Gasteiger partial charge in [-0.2, -0.15) is 0 Å². The minimum Gasteiger partial charge on any atom is -0.383 e. The molecule has 80 valence electrons. The Morgan fingerprint density at radius 1 is 1.33 bits per heavy atom. The van der Waals surface area contributed by atoms with Gasteiger partial charge in [0.25, 0.3) is 0 Å². The van der Waals surface area contributed by atoms with Crippen LogP contribution in [0.25, 0.3) is 10.9 Å². The minimum atomic E-state index is 0.548. The summed E-state index contributed by atoms with van der Waals surface area (Å²) in [5, 5.41) is 4.78. The van der Waals surface area contributed by atoms with Crippen molar-refractivity contribution in [1.29, 1.82) is 0 Å². The zero-order valence-electron chi connectivity index (χ0n) is 9.38. The van der Waals surface area contributed by atoms with Crippen LogP contribution in [0, 0.1) is 0 Å². The first-order valence-electron chi connectivity index (χ1n) is 5.63. The third-order valence-electron chi connectivity index (χ3n) is 2.69. The Balaban J connectivity index is 2.14. The van der Waals surface area contributed by atoms with Gasteiger partial charge in [-0.25, -0.2) is 0 Å².